The largest absolute Gasteiger partial charge is 0.205 e. The molecule has 1 saturated carbocycles. The molecule has 0 atom stereocenters. The molecular formula is C15H18Cl3F. The Hall–Kier alpha value is 0.0200. The first-order valence-corrected chi connectivity index (χ1v) is 8.12. The van der Waals surface area contributed by atoms with Gasteiger partial charge in [-0.2, -0.15) is 0 Å². The zero-order valence-corrected chi connectivity index (χ0v) is 13.0. The second kappa shape index (κ2) is 6.65. The average Bonchev–Trinajstić information content (AvgIpc) is 2.95. The highest BCUT2D eigenvalue weighted by atomic mass is 35.5. The molecule has 0 saturated heterocycles. The lowest BCUT2D eigenvalue weighted by molar-refractivity contribution is 0.225. The lowest BCUT2D eigenvalue weighted by atomic mass is 9.73. The number of hydrogen-bond donors (Lipinski definition) is 0. The van der Waals surface area contributed by atoms with Crippen LogP contribution >= 0.6 is 34.8 Å². The molecule has 0 aromatic heterocycles. The molecule has 1 aromatic carbocycles. The van der Waals surface area contributed by atoms with Crippen molar-refractivity contribution >= 4 is 34.8 Å². The SMILES string of the molecule is Fc1cc(CC(CCl)(CCl)C2CCCC2)ccc1Cl. The number of alkyl halides is 2. The third-order valence-corrected chi connectivity index (χ3v) is 5.66. The van der Waals surface area contributed by atoms with E-state index >= 15 is 0 Å². The predicted molar refractivity (Wildman–Crippen MR) is 80.9 cm³/mol. The van der Waals surface area contributed by atoms with Crippen molar-refractivity contribution in [3.8, 4) is 0 Å². The molecule has 1 aliphatic rings. The highest BCUT2D eigenvalue weighted by Crippen LogP contribution is 2.44. The molecule has 106 valence electrons. The van der Waals surface area contributed by atoms with Crippen molar-refractivity contribution in [2.75, 3.05) is 11.8 Å². The standard InChI is InChI=1S/C15H18Cl3F/c16-9-15(10-17,12-3-1-2-4-12)8-11-5-6-13(18)14(19)7-11/h5-7,12H,1-4,8-10H2. The van der Waals surface area contributed by atoms with E-state index in [4.69, 9.17) is 34.8 Å². The first-order valence-electron chi connectivity index (χ1n) is 6.67. The van der Waals surface area contributed by atoms with E-state index < -0.39 is 0 Å². The van der Waals surface area contributed by atoms with Gasteiger partial charge in [0.25, 0.3) is 0 Å². The van der Waals surface area contributed by atoms with Gasteiger partial charge in [0.2, 0.25) is 0 Å². The summed E-state index contributed by atoms with van der Waals surface area (Å²) in [5, 5.41) is 0.159. The molecule has 0 amide bonds. The van der Waals surface area contributed by atoms with Crippen LogP contribution in [0, 0.1) is 17.2 Å². The Morgan fingerprint density at radius 2 is 1.79 bits per heavy atom. The van der Waals surface area contributed by atoms with Crippen LogP contribution < -0.4 is 0 Å². The zero-order valence-electron chi connectivity index (χ0n) is 10.8. The van der Waals surface area contributed by atoms with Crippen LogP contribution in [0.25, 0.3) is 0 Å². The minimum absolute atomic E-state index is 0.125. The van der Waals surface area contributed by atoms with E-state index in [2.05, 4.69) is 0 Å². The minimum atomic E-state index is -0.372. The van der Waals surface area contributed by atoms with Crippen molar-refractivity contribution in [2.24, 2.45) is 11.3 Å². The van der Waals surface area contributed by atoms with E-state index in [1.807, 2.05) is 6.07 Å². The van der Waals surface area contributed by atoms with Gasteiger partial charge < -0.3 is 0 Å². The van der Waals surface area contributed by atoms with Crippen molar-refractivity contribution in [3.63, 3.8) is 0 Å². The highest BCUT2D eigenvalue weighted by molar-refractivity contribution is 6.30. The van der Waals surface area contributed by atoms with Crippen molar-refractivity contribution in [3.05, 3.63) is 34.6 Å². The van der Waals surface area contributed by atoms with Crippen LogP contribution in [0.15, 0.2) is 18.2 Å². The van der Waals surface area contributed by atoms with Crippen LogP contribution in [0.1, 0.15) is 31.2 Å². The van der Waals surface area contributed by atoms with E-state index in [9.17, 15) is 4.39 Å². The van der Waals surface area contributed by atoms with Gasteiger partial charge in [0.05, 0.1) is 5.02 Å². The highest BCUT2D eigenvalue weighted by Gasteiger charge is 2.39. The number of halogens is 4. The van der Waals surface area contributed by atoms with Crippen LogP contribution in [0.5, 0.6) is 0 Å². The second-order valence-corrected chi connectivity index (χ2v) is 6.48. The predicted octanol–water partition coefficient (Wildman–Crippen LogP) is 5.68. The summed E-state index contributed by atoms with van der Waals surface area (Å²) in [6, 6.07) is 4.98. The van der Waals surface area contributed by atoms with E-state index in [1.54, 1.807) is 6.07 Å². The topological polar surface area (TPSA) is 0 Å². The third kappa shape index (κ3) is 3.37. The minimum Gasteiger partial charge on any atom is -0.205 e. The Bertz CT molecular complexity index is 423. The lowest BCUT2D eigenvalue weighted by Crippen LogP contribution is -2.35. The summed E-state index contributed by atoms with van der Waals surface area (Å²) in [6.45, 7) is 0. The van der Waals surface area contributed by atoms with Crippen LogP contribution in [-0.4, -0.2) is 11.8 Å². The Morgan fingerprint density at radius 3 is 2.32 bits per heavy atom. The molecule has 1 fully saturated rings. The maximum absolute atomic E-state index is 13.5. The second-order valence-electron chi connectivity index (χ2n) is 5.54. The van der Waals surface area contributed by atoms with Gasteiger partial charge in [-0.25, -0.2) is 4.39 Å². The van der Waals surface area contributed by atoms with Gasteiger partial charge >= 0.3 is 0 Å². The molecule has 19 heavy (non-hydrogen) atoms. The maximum Gasteiger partial charge on any atom is 0.142 e. The summed E-state index contributed by atoms with van der Waals surface area (Å²) >= 11 is 18.2. The van der Waals surface area contributed by atoms with Gasteiger partial charge in [-0.15, -0.1) is 23.2 Å². The fraction of sp³-hybridized carbons (Fsp3) is 0.600. The molecular weight excluding hydrogens is 306 g/mol. The van der Waals surface area contributed by atoms with E-state index in [0.717, 1.165) is 12.0 Å². The molecule has 0 aliphatic heterocycles. The monoisotopic (exact) mass is 322 g/mol. The normalized spacial score (nSPS) is 17.1. The van der Waals surface area contributed by atoms with Gasteiger partial charge in [-0.3, -0.25) is 0 Å². The quantitative estimate of drug-likeness (QED) is 0.612. The summed E-state index contributed by atoms with van der Waals surface area (Å²) in [6.07, 6.45) is 5.56. The summed E-state index contributed by atoms with van der Waals surface area (Å²) in [5.41, 5.74) is 0.801. The fourth-order valence-corrected chi connectivity index (χ4v) is 4.12. The fourth-order valence-electron chi connectivity index (χ4n) is 3.09. The van der Waals surface area contributed by atoms with Crippen molar-refractivity contribution in [1.29, 1.82) is 0 Å². The number of hydrogen-bond acceptors (Lipinski definition) is 0. The lowest BCUT2D eigenvalue weighted by Gasteiger charge is -2.36. The van der Waals surface area contributed by atoms with Gasteiger partial charge in [0.1, 0.15) is 5.82 Å². The maximum atomic E-state index is 13.5. The molecule has 1 aliphatic carbocycles. The Kier molecular flexibility index (Phi) is 5.39. The van der Waals surface area contributed by atoms with Crippen molar-refractivity contribution in [2.45, 2.75) is 32.1 Å². The van der Waals surface area contributed by atoms with Crippen molar-refractivity contribution in [1.82, 2.24) is 0 Å². The van der Waals surface area contributed by atoms with Crippen LogP contribution in [0.4, 0.5) is 4.39 Å². The van der Waals surface area contributed by atoms with Crippen LogP contribution in [0.3, 0.4) is 0 Å². The first-order chi connectivity index (χ1) is 9.11. The molecule has 1 aromatic rings. The van der Waals surface area contributed by atoms with E-state index in [-0.39, 0.29) is 16.3 Å². The summed E-state index contributed by atoms with van der Waals surface area (Å²) in [5.74, 6) is 1.21. The number of rotatable bonds is 5. The van der Waals surface area contributed by atoms with Gasteiger partial charge in [0, 0.05) is 17.2 Å². The number of benzene rings is 1. The summed E-state index contributed by atoms with van der Waals surface area (Å²) in [7, 11) is 0. The Labute approximate surface area is 129 Å². The van der Waals surface area contributed by atoms with E-state index in [0.29, 0.717) is 17.7 Å². The Balaban J connectivity index is 2.21. The molecule has 0 bridgehead atoms. The first kappa shape index (κ1) is 15.4. The van der Waals surface area contributed by atoms with Crippen LogP contribution in [0.2, 0.25) is 5.02 Å². The summed E-state index contributed by atoms with van der Waals surface area (Å²) < 4.78 is 13.5. The van der Waals surface area contributed by atoms with Gasteiger partial charge in [-0.05, 0) is 42.9 Å². The van der Waals surface area contributed by atoms with Gasteiger partial charge in [0.15, 0.2) is 0 Å². The Morgan fingerprint density at radius 1 is 1.16 bits per heavy atom. The summed E-state index contributed by atoms with van der Waals surface area (Å²) in [4.78, 5) is 0. The van der Waals surface area contributed by atoms with Gasteiger partial charge in [-0.1, -0.05) is 30.5 Å². The molecule has 0 N–H and O–H groups in total. The molecule has 0 spiro atoms. The van der Waals surface area contributed by atoms with E-state index in [1.165, 1.54) is 31.7 Å². The molecule has 0 heterocycles. The molecule has 0 unspecified atom stereocenters. The zero-order chi connectivity index (χ0) is 13.9. The third-order valence-electron chi connectivity index (χ3n) is 4.29. The molecule has 2 rings (SSSR count). The molecule has 0 radical (unpaired) electrons. The molecule has 0 nitrogen and oxygen atoms in total. The molecule has 4 heteroatoms. The average molecular weight is 324 g/mol. The van der Waals surface area contributed by atoms with Crippen LogP contribution in [-0.2, 0) is 6.42 Å². The smallest absolute Gasteiger partial charge is 0.142 e. The van der Waals surface area contributed by atoms with Crippen molar-refractivity contribution < 1.29 is 4.39 Å².